The number of aliphatic carboxylic acids is 1. The molecule has 2 atom stereocenters. The Kier molecular flexibility index (Phi) is 5.06. The Morgan fingerprint density at radius 1 is 1.48 bits per heavy atom. The zero-order chi connectivity index (χ0) is 15.4. The van der Waals surface area contributed by atoms with E-state index in [1.165, 1.54) is 41.8 Å². The van der Waals surface area contributed by atoms with Gasteiger partial charge in [-0.15, -0.1) is 0 Å². The first kappa shape index (κ1) is 15.6. The first-order valence-corrected chi connectivity index (χ1v) is 7.68. The molecule has 0 radical (unpaired) electrons. The number of nitrogens with zero attached hydrogens (tertiary/aromatic N) is 1. The van der Waals surface area contributed by atoms with Gasteiger partial charge in [-0.3, -0.25) is 4.79 Å². The zero-order valence-corrected chi connectivity index (χ0v) is 12.3. The number of carboxylic acid groups (broad SMARTS) is 1. The van der Waals surface area contributed by atoms with Crippen molar-refractivity contribution in [1.82, 2.24) is 4.90 Å². The van der Waals surface area contributed by atoms with Gasteiger partial charge in [-0.25, -0.2) is 9.18 Å². The third kappa shape index (κ3) is 3.66. The summed E-state index contributed by atoms with van der Waals surface area (Å²) in [4.78, 5) is 24.8. The molecule has 1 aromatic rings. The molecule has 1 saturated heterocycles. The van der Waals surface area contributed by atoms with E-state index in [0.29, 0.717) is 18.1 Å². The van der Waals surface area contributed by atoms with Gasteiger partial charge in [0.05, 0.1) is 0 Å². The molecule has 21 heavy (non-hydrogen) atoms. The minimum absolute atomic E-state index is 0.0170. The molecule has 114 valence electrons. The minimum Gasteiger partial charge on any atom is -0.480 e. The smallest absolute Gasteiger partial charge is 0.327 e. The Bertz CT molecular complexity index is 539. The van der Waals surface area contributed by atoms with Crippen LogP contribution in [0, 0.1) is 5.82 Å². The van der Waals surface area contributed by atoms with E-state index in [0.717, 1.165) is 0 Å². The summed E-state index contributed by atoms with van der Waals surface area (Å²) >= 11 is 1.50. The third-order valence-corrected chi connectivity index (χ3v) is 4.21. The number of hydrogen-bond acceptors (Lipinski definition) is 4. The molecular formula is C14H16FNO4S. The number of benzene rings is 1. The van der Waals surface area contributed by atoms with Crippen LogP contribution in [0.4, 0.5) is 4.39 Å². The van der Waals surface area contributed by atoms with Crippen LogP contribution in [0.15, 0.2) is 24.3 Å². The first-order valence-electron chi connectivity index (χ1n) is 6.53. The Balaban J connectivity index is 2.07. The number of ether oxygens (including phenoxy) is 1. The number of amides is 1. The van der Waals surface area contributed by atoms with E-state index in [-0.39, 0.29) is 5.75 Å². The molecule has 0 bridgehead atoms. The molecule has 0 aromatic heterocycles. The van der Waals surface area contributed by atoms with E-state index >= 15 is 0 Å². The highest BCUT2D eigenvalue weighted by Crippen LogP contribution is 2.21. The molecule has 2 unspecified atom stereocenters. The van der Waals surface area contributed by atoms with Crippen molar-refractivity contribution in [3.63, 3.8) is 0 Å². The van der Waals surface area contributed by atoms with E-state index in [1.807, 2.05) is 0 Å². The molecule has 5 nitrogen and oxygen atoms in total. The largest absolute Gasteiger partial charge is 0.480 e. The van der Waals surface area contributed by atoms with Gasteiger partial charge in [0.2, 0.25) is 0 Å². The Hall–Kier alpha value is -1.76. The average Bonchev–Trinajstić information content (AvgIpc) is 2.48. The molecule has 1 heterocycles. The standard InChI is InChI=1S/C14H16FNO4S/c1-9(20-12-5-3-2-4-10(12)15)13(17)16-6-7-21-8-11(16)14(18)19/h2-5,9,11H,6-8H2,1H3,(H,18,19). The molecule has 1 aliphatic rings. The number of thioether (sulfide) groups is 1. The monoisotopic (exact) mass is 313 g/mol. The van der Waals surface area contributed by atoms with Gasteiger partial charge in [0.25, 0.3) is 5.91 Å². The Labute approximate surface area is 126 Å². The van der Waals surface area contributed by atoms with Crippen molar-refractivity contribution in [2.45, 2.75) is 19.1 Å². The van der Waals surface area contributed by atoms with Crippen LogP contribution in [-0.2, 0) is 9.59 Å². The van der Waals surface area contributed by atoms with Crippen molar-refractivity contribution >= 4 is 23.6 Å². The van der Waals surface area contributed by atoms with Crippen molar-refractivity contribution in [2.75, 3.05) is 18.1 Å². The number of halogens is 1. The van der Waals surface area contributed by atoms with Crippen molar-refractivity contribution < 1.29 is 23.8 Å². The zero-order valence-electron chi connectivity index (χ0n) is 11.5. The van der Waals surface area contributed by atoms with Gasteiger partial charge in [-0.05, 0) is 19.1 Å². The number of para-hydroxylation sites is 1. The minimum atomic E-state index is -1.03. The summed E-state index contributed by atoms with van der Waals surface area (Å²) in [5.41, 5.74) is 0. The maximum absolute atomic E-state index is 13.5. The van der Waals surface area contributed by atoms with Crippen molar-refractivity contribution in [1.29, 1.82) is 0 Å². The van der Waals surface area contributed by atoms with Gasteiger partial charge in [-0.2, -0.15) is 11.8 Å². The highest BCUT2D eigenvalue weighted by molar-refractivity contribution is 7.99. The molecule has 0 aliphatic carbocycles. The fourth-order valence-electron chi connectivity index (χ4n) is 2.09. The summed E-state index contributed by atoms with van der Waals surface area (Å²) in [5.74, 6) is -1.01. The summed E-state index contributed by atoms with van der Waals surface area (Å²) in [5, 5.41) is 9.17. The third-order valence-electron chi connectivity index (χ3n) is 3.18. The number of carbonyl (C=O) groups excluding carboxylic acids is 1. The van der Waals surface area contributed by atoms with Crippen LogP contribution < -0.4 is 4.74 Å². The Morgan fingerprint density at radius 2 is 2.19 bits per heavy atom. The number of carboxylic acids is 1. The fraction of sp³-hybridized carbons (Fsp3) is 0.429. The van der Waals surface area contributed by atoms with Crippen molar-refractivity contribution in [2.24, 2.45) is 0 Å². The average molecular weight is 313 g/mol. The lowest BCUT2D eigenvalue weighted by molar-refractivity contribution is -0.152. The molecule has 7 heteroatoms. The van der Waals surface area contributed by atoms with Gasteiger partial charge >= 0.3 is 5.97 Å². The second kappa shape index (κ2) is 6.80. The van der Waals surface area contributed by atoms with Crippen molar-refractivity contribution in [3.05, 3.63) is 30.1 Å². The highest BCUT2D eigenvalue weighted by Gasteiger charge is 2.35. The molecule has 1 aromatic carbocycles. The molecule has 1 amide bonds. The van der Waals surface area contributed by atoms with E-state index in [1.54, 1.807) is 6.07 Å². The van der Waals surface area contributed by atoms with Gasteiger partial charge in [0.15, 0.2) is 17.7 Å². The molecule has 0 saturated carbocycles. The quantitative estimate of drug-likeness (QED) is 0.915. The lowest BCUT2D eigenvalue weighted by Crippen LogP contribution is -2.53. The first-order chi connectivity index (χ1) is 10.0. The predicted molar refractivity (Wildman–Crippen MR) is 77.0 cm³/mol. The molecular weight excluding hydrogens is 297 g/mol. The summed E-state index contributed by atoms with van der Waals surface area (Å²) in [6.07, 6.45) is -0.938. The molecule has 1 N–H and O–H groups in total. The van der Waals surface area contributed by atoms with Crippen LogP contribution in [0.1, 0.15) is 6.92 Å². The maximum atomic E-state index is 13.5. The summed E-state index contributed by atoms with van der Waals surface area (Å²) in [6, 6.07) is 4.94. The highest BCUT2D eigenvalue weighted by atomic mass is 32.2. The second-order valence-electron chi connectivity index (χ2n) is 4.65. The van der Waals surface area contributed by atoms with Crippen molar-refractivity contribution in [3.8, 4) is 5.75 Å². The predicted octanol–water partition coefficient (Wildman–Crippen LogP) is 1.62. The SMILES string of the molecule is CC(Oc1ccccc1F)C(=O)N1CCSCC1C(=O)O. The van der Waals surface area contributed by atoms with Gasteiger partial charge < -0.3 is 14.7 Å². The topological polar surface area (TPSA) is 66.8 Å². The summed E-state index contributed by atoms with van der Waals surface area (Å²) < 4.78 is 18.8. The van der Waals surface area contributed by atoms with Crippen LogP contribution in [0.2, 0.25) is 0 Å². The normalized spacial score (nSPS) is 19.9. The number of carbonyl (C=O) groups is 2. The molecule has 2 rings (SSSR count). The Morgan fingerprint density at radius 3 is 2.86 bits per heavy atom. The second-order valence-corrected chi connectivity index (χ2v) is 5.80. The lowest BCUT2D eigenvalue weighted by Gasteiger charge is -2.34. The van der Waals surface area contributed by atoms with Gasteiger partial charge in [0.1, 0.15) is 6.04 Å². The van der Waals surface area contributed by atoms with Crippen LogP contribution in [0.25, 0.3) is 0 Å². The maximum Gasteiger partial charge on any atom is 0.327 e. The van der Waals surface area contributed by atoms with Gasteiger partial charge in [-0.1, -0.05) is 12.1 Å². The van der Waals surface area contributed by atoms with E-state index in [2.05, 4.69) is 0 Å². The summed E-state index contributed by atoms with van der Waals surface area (Å²) in [7, 11) is 0. The number of hydrogen-bond donors (Lipinski definition) is 1. The van der Waals surface area contributed by atoms with Crippen LogP contribution in [0.3, 0.4) is 0 Å². The van der Waals surface area contributed by atoms with E-state index in [4.69, 9.17) is 9.84 Å². The van der Waals surface area contributed by atoms with E-state index in [9.17, 15) is 14.0 Å². The molecule has 1 fully saturated rings. The molecule has 0 spiro atoms. The van der Waals surface area contributed by atoms with Crippen LogP contribution in [0.5, 0.6) is 5.75 Å². The van der Waals surface area contributed by atoms with Crippen LogP contribution in [-0.4, -0.2) is 52.1 Å². The summed E-state index contributed by atoms with van der Waals surface area (Å²) in [6.45, 7) is 1.85. The van der Waals surface area contributed by atoms with E-state index < -0.39 is 29.8 Å². The van der Waals surface area contributed by atoms with Gasteiger partial charge in [0, 0.05) is 18.1 Å². The molecule has 1 aliphatic heterocycles. The lowest BCUT2D eigenvalue weighted by atomic mass is 10.2. The van der Waals surface area contributed by atoms with Crippen LogP contribution >= 0.6 is 11.8 Å². The fourth-order valence-corrected chi connectivity index (χ4v) is 3.12. The number of rotatable bonds is 4.